The first-order chi connectivity index (χ1) is 9.25. The van der Waals surface area contributed by atoms with Gasteiger partial charge >= 0.3 is 5.97 Å². The first kappa shape index (κ1) is 11.7. The van der Waals surface area contributed by atoms with Crippen molar-refractivity contribution < 1.29 is 9.90 Å². The summed E-state index contributed by atoms with van der Waals surface area (Å²) in [4.78, 5) is 16.8. The predicted octanol–water partition coefficient (Wildman–Crippen LogP) is 2.71. The van der Waals surface area contributed by atoms with Gasteiger partial charge in [-0.1, -0.05) is 12.1 Å². The number of aromatic nitrogens is 2. The maximum absolute atomic E-state index is 11.4. The predicted molar refractivity (Wildman–Crippen MR) is 73.8 cm³/mol. The molecule has 0 unspecified atom stereocenters. The van der Waals surface area contributed by atoms with Gasteiger partial charge in [0.1, 0.15) is 5.65 Å². The zero-order chi connectivity index (χ0) is 13.2. The van der Waals surface area contributed by atoms with E-state index in [1.807, 2.05) is 23.6 Å². The van der Waals surface area contributed by atoms with Gasteiger partial charge in [0.25, 0.3) is 0 Å². The molecule has 0 radical (unpaired) electrons. The summed E-state index contributed by atoms with van der Waals surface area (Å²) in [6.07, 6.45) is 1.70. The van der Waals surface area contributed by atoms with Crippen molar-refractivity contribution in [1.82, 2.24) is 9.38 Å². The number of anilines is 1. The second-order valence-corrected chi connectivity index (χ2v) is 5.01. The van der Waals surface area contributed by atoms with Crippen molar-refractivity contribution in [3.63, 3.8) is 0 Å². The minimum Gasteiger partial charge on any atom is -0.476 e. The quantitative estimate of drug-likeness (QED) is 0.767. The van der Waals surface area contributed by atoms with Crippen molar-refractivity contribution in [1.29, 1.82) is 0 Å². The van der Waals surface area contributed by atoms with Crippen LogP contribution in [0.3, 0.4) is 0 Å². The minimum absolute atomic E-state index is 0.159. The number of pyridine rings is 1. The zero-order valence-corrected chi connectivity index (χ0v) is 10.7. The van der Waals surface area contributed by atoms with Crippen molar-refractivity contribution in [2.45, 2.75) is 6.54 Å². The molecular formula is C13H11N3O2S. The first-order valence-electron chi connectivity index (χ1n) is 5.72. The number of thiophene rings is 1. The number of aromatic carboxylic acids is 1. The Morgan fingerprint density at radius 3 is 3.00 bits per heavy atom. The third-order valence-electron chi connectivity index (χ3n) is 2.74. The molecule has 3 aromatic heterocycles. The highest BCUT2D eigenvalue weighted by molar-refractivity contribution is 7.09. The summed E-state index contributed by atoms with van der Waals surface area (Å²) in [7, 11) is 0. The van der Waals surface area contributed by atoms with Crippen LogP contribution in [0, 0.1) is 0 Å². The summed E-state index contributed by atoms with van der Waals surface area (Å²) < 4.78 is 1.57. The van der Waals surface area contributed by atoms with Crippen LogP contribution in [0.25, 0.3) is 5.65 Å². The van der Waals surface area contributed by atoms with Gasteiger partial charge in [-0.2, -0.15) is 0 Å². The highest BCUT2D eigenvalue weighted by atomic mass is 32.1. The van der Waals surface area contributed by atoms with E-state index in [0.717, 1.165) is 4.88 Å². The standard InChI is InChI=1S/C13H11N3O2S/c17-13(18)11-12(14-8-9-4-3-7-19-9)15-10-5-1-2-6-16(10)11/h1-7,14H,8H2,(H,17,18). The third kappa shape index (κ3) is 2.17. The summed E-state index contributed by atoms with van der Waals surface area (Å²) in [6, 6.07) is 9.35. The van der Waals surface area contributed by atoms with Crippen molar-refractivity contribution >= 4 is 28.8 Å². The summed E-state index contributed by atoms with van der Waals surface area (Å²) in [5, 5.41) is 14.4. The molecule has 0 fully saturated rings. The van der Waals surface area contributed by atoms with Crippen molar-refractivity contribution in [2.75, 3.05) is 5.32 Å². The van der Waals surface area contributed by atoms with Gasteiger partial charge in [0.2, 0.25) is 0 Å². The van der Waals surface area contributed by atoms with Gasteiger partial charge in [-0.3, -0.25) is 4.40 Å². The Morgan fingerprint density at radius 1 is 1.37 bits per heavy atom. The lowest BCUT2D eigenvalue weighted by Gasteiger charge is -2.02. The lowest BCUT2D eigenvalue weighted by Crippen LogP contribution is -2.07. The number of hydrogen-bond acceptors (Lipinski definition) is 4. The highest BCUT2D eigenvalue weighted by Crippen LogP contribution is 2.19. The van der Waals surface area contributed by atoms with Gasteiger partial charge in [-0.15, -0.1) is 11.3 Å². The van der Waals surface area contributed by atoms with Crippen LogP contribution in [0.5, 0.6) is 0 Å². The SMILES string of the molecule is O=C(O)c1c(NCc2cccs2)nc2ccccn12. The Balaban J connectivity index is 1.98. The Hall–Kier alpha value is -2.34. The number of nitrogens with one attached hydrogen (secondary N) is 1. The number of hydrogen-bond donors (Lipinski definition) is 2. The molecule has 2 N–H and O–H groups in total. The number of carboxylic acid groups (broad SMARTS) is 1. The highest BCUT2D eigenvalue weighted by Gasteiger charge is 2.17. The number of imidazole rings is 1. The van der Waals surface area contributed by atoms with E-state index in [1.165, 1.54) is 0 Å². The second-order valence-electron chi connectivity index (χ2n) is 3.98. The van der Waals surface area contributed by atoms with Crippen molar-refractivity contribution in [3.8, 4) is 0 Å². The molecule has 0 atom stereocenters. The Kier molecular flexibility index (Phi) is 2.92. The van der Waals surface area contributed by atoms with Crippen LogP contribution in [0.15, 0.2) is 41.9 Å². The molecule has 96 valence electrons. The van der Waals surface area contributed by atoms with E-state index in [4.69, 9.17) is 0 Å². The molecular weight excluding hydrogens is 262 g/mol. The van der Waals surface area contributed by atoms with E-state index in [2.05, 4.69) is 10.3 Å². The van der Waals surface area contributed by atoms with Crippen molar-refractivity contribution in [3.05, 3.63) is 52.5 Å². The van der Waals surface area contributed by atoms with Crippen LogP contribution >= 0.6 is 11.3 Å². The number of carboxylic acids is 1. The summed E-state index contributed by atoms with van der Waals surface area (Å²) in [5.74, 6) is -0.598. The number of carbonyl (C=O) groups is 1. The van der Waals surface area contributed by atoms with E-state index >= 15 is 0 Å². The van der Waals surface area contributed by atoms with Crippen LogP contribution in [-0.4, -0.2) is 20.5 Å². The average molecular weight is 273 g/mol. The van der Waals surface area contributed by atoms with Gasteiger partial charge in [0.05, 0.1) is 6.54 Å². The fourth-order valence-electron chi connectivity index (χ4n) is 1.91. The van der Waals surface area contributed by atoms with Gasteiger partial charge in [-0.25, -0.2) is 9.78 Å². The molecule has 3 aromatic rings. The number of nitrogens with zero attached hydrogens (tertiary/aromatic N) is 2. The Labute approximate surface area is 113 Å². The Bertz CT molecular complexity index is 719. The van der Waals surface area contributed by atoms with Crippen LogP contribution in [0.2, 0.25) is 0 Å². The molecule has 6 heteroatoms. The average Bonchev–Trinajstić information content (AvgIpc) is 3.03. The van der Waals surface area contributed by atoms with Gasteiger partial charge in [0, 0.05) is 11.1 Å². The van der Waals surface area contributed by atoms with Crippen molar-refractivity contribution in [2.24, 2.45) is 0 Å². The summed E-state index contributed by atoms with van der Waals surface area (Å²) in [5.41, 5.74) is 0.778. The van der Waals surface area contributed by atoms with E-state index in [-0.39, 0.29) is 5.69 Å². The molecule has 0 bridgehead atoms. The molecule has 19 heavy (non-hydrogen) atoms. The van der Waals surface area contributed by atoms with Crippen LogP contribution in [-0.2, 0) is 6.54 Å². The summed E-state index contributed by atoms with van der Waals surface area (Å²) >= 11 is 1.62. The summed E-state index contributed by atoms with van der Waals surface area (Å²) in [6.45, 7) is 0.571. The number of fused-ring (bicyclic) bond motifs is 1. The molecule has 0 amide bonds. The normalized spacial score (nSPS) is 10.7. The maximum Gasteiger partial charge on any atom is 0.356 e. The topological polar surface area (TPSA) is 66.6 Å². The lowest BCUT2D eigenvalue weighted by molar-refractivity contribution is 0.0690. The van der Waals surface area contributed by atoms with Crippen LogP contribution < -0.4 is 5.32 Å². The van der Waals surface area contributed by atoms with Gasteiger partial charge in [-0.05, 0) is 23.6 Å². The fraction of sp³-hybridized carbons (Fsp3) is 0.0769. The molecule has 0 saturated heterocycles. The zero-order valence-electron chi connectivity index (χ0n) is 9.91. The van der Waals surface area contributed by atoms with Gasteiger partial charge in [0.15, 0.2) is 11.5 Å². The molecule has 3 heterocycles. The molecule has 0 spiro atoms. The smallest absolute Gasteiger partial charge is 0.356 e. The van der Waals surface area contributed by atoms with E-state index in [9.17, 15) is 9.90 Å². The molecule has 0 saturated carbocycles. The van der Waals surface area contributed by atoms with E-state index in [0.29, 0.717) is 18.0 Å². The van der Waals surface area contributed by atoms with E-state index < -0.39 is 5.97 Å². The molecule has 0 aliphatic carbocycles. The monoisotopic (exact) mass is 273 g/mol. The van der Waals surface area contributed by atoms with Crippen LogP contribution in [0.4, 0.5) is 5.82 Å². The second kappa shape index (κ2) is 4.74. The first-order valence-corrected chi connectivity index (χ1v) is 6.60. The molecule has 3 rings (SSSR count). The molecule has 0 aromatic carbocycles. The lowest BCUT2D eigenvalue weighted by atomic mass is 10.4. The number of rotatable bonds is 4. The Morgan fingerprint density at radius 2 is 2.26 bits per heavy atom. The maximum atomic E-state index is 11.4. The molecule has 5 nitrogen and oxygen atoms in total. The van der Waals surface area contributed by atoms with Gasteiger partial charge < -0.3 is 10.4 Å². The third-order valence-corrected chi connectivity index (χ3v) is 3.62. The fourth-order valence-corrected chi connectivity index (χ4v) is 2.55. The molecule has 0 aliphatic rings. The van der Waals surface area contributed by atoms with E-state index in [1.54, 1.807) is 34.1 Å². The largest absolute Gasteiger partial charge is 0.476 e. The minimum atomic E-state index is -0.993. The molecule has 0 aliphatic heterocycles. The van der Waals surface area contributed by atoms with Crippen LogP contribution in [0.1, 0.15) is 15.4 Å².